The van der Waals surface area contributed by atoms with Crippen LogP contribution in [0.2, 0.25) is 0 Å². The van der Waals surface area contributed by atoms with Crippen LogP contribution in [0.25, 0.3) is 0 Å². The molecule has 5 nitrogen and oxygen atoms in total. The van der Waals surface area contributed by atoms with E-state index in [1.54, 1.807) is 0 Å². The molecule has 1 aromatic heterocycles. The van der Waals surface area contributed by atoms with Gasteiger partial charge in [-0.3, -0.25) is 5.32 Å². The molecule has 9 heteroatoms. The molecule has 0 aliphatic carbocycles. The fourth-order valence-electron chi connectivity index (χ4n) is 2.64. The minimum atomic E-state index is -4.57. The van der Waals surface area contributed by atoms with Crippen LogP contribution in [0.1, 0.15) is 21.6 Å². The van der Waals surface area contributed by atoms with Crippen LogP contribution in [0.15, 0.2) is 24.3 Å². The van der Waals surface area contributed by atoms with Crippen molar-refractivity contribution in [3.05, 3.63) is 45.8 Å². The maximum absolute atomic E-state index is 13.0. The number of carbonyl (C=O) groups is 1. The molecule has 3 N–H and O–H groups in total. The average Bonchev–Trinajstić information content (AvgIpc) is 2.91. The maximum Gasteiger partial charge on any atom is 0.418 e. The SMILES string of the molecule is N#Cc1c(NC(=O)Nc2ccccc2C(F)(F)F)sc2c1CCNC2. The van der Waals surface area contributed by atoms with Crippen LogP contribution >= 0.6 is 11.3 Å². The van der Waals surface area contributed by atoms with Gasteiger partial charge in [-0.25, -0.2) is 4.79 Å². The van der Waals surface area contributed by atoms with Crippen molar-refractivity contribution < 1.29 is 18.0 Å². The van der Waals surface area contributed by atoms with Crippen LogP contribution in [-0.2, 0) is 19.1 Å². The molecule has 0 bridgehead atoms. The van der Waals surface area contributed by atoms with Gasteiger partial charge in [0.25, 0.3) is 0 Å². The zero-order valence-corrected chi connectivity index (χ0v) is 13.6. The molecule has 2 heterocycles. The summed E-state index contributed by atoms with van der Waals surface area (Å²) in [7, 11) is 0. The molecule has 0 spiro atoms. The topological polar surface area (TPSA) is 77.0 Å². The fourth-order valence-corrected chi connectivity index (χ4v) is 3.80. The normalized spacial score (nSPS) is 13.7. The number of para-hydroxylation sites is 1. The third-order valence-electron chi connectivity index (χ3n) is 3.75. The van der Waals surface area contributed by atoms with Crippen LogP contribution < -0.4 is 16.0 Å². The van der Waals surface area contributed by atoms with Gasteiger partial charge >= 0.3 is 12.2 Å². The number of thiophene rings is 1. The van der Waals surface area contributed by atoms with E-state index in [0.717, 1.165) is 23.1 Å². The number of anilines is 2. The highest BCUT2D eigenvalue weighted by Crippen LogP contribution is 2.36. The average molecular weight is 366 g/mol. The Kier molecular flexibility index (Phi) is 4.65. The number of fused-ring (bicyclic) bond motifs is 1. The predicted molar refractivity (Wildman–Crippen MR) is 88.5 cm³/mol. The molecule has 0 atom stereocenters. The standard InChI is InChI=1S/C16H13F3N4OS/c17-16(18,19)11-3-1-2-4-12(11)22-15(24)23-14-10(7-20)9-5-6-21-8-13(9)25-14/h1-4,21H,5-6,8H2,(H2,22,23,24). The highest BCUT2D eigenvalue weighted by atomic mass is 32.1. The van der Waals surface area contributed by atoms with Crippen LogP contribution in [0.3, 0.4) is 0 Å². The number of alkyl halides is 3. The summed E-state index contributed by atoms with van der Waals surface area (Å²) >= 11 is 1.26. The van der Waals surface area contributed by atoms with E-state index in [9.17, 15) is 23.2 Å². The smallest absolute Gasteiger partial charge is 0.312 e. The minimum absolute atomic E-state index is 0.339. The summed E-state index contributed by atoms with van der Waals surface area (Å²) in [5.74, 6) is 0. The molecule has 0 fully saturated rings. The molecular formula is C16H13F3N4OS. The first-order chi connectivity index (χ1) is 11.9. The van der Waals surface area contributed by atoms with Crippen molar-refractivity contribution in [1.29, 1.82) is 5.26 Å². The van der Waals surface area contributed by atoms with Crippen molar-refractivity contribution in [2.24, 2.45) is 0 Å². The monoisotopic (exact) mass is 366 g/mol. The van der Waals surface area contributed by atoms with E-state index in [-0.39, 0.29) is 5.69 Å². The number of hydrogen-bond donors (Lipinski definition) is 3. The van der Waals surface area contributed by atoms with Crippen LogP contribution in [0, 0.1) is 11.3 Å². The molecule has 2 aromatic rings. The Balaban J connectivity index is 1.81. The third kappa shape index (κ3) is 3.60. The van der Waals surface area contributed by atoms with E-state index < -0.39 is 17.8 Å². The third-order valence-corrected chi connectivity index (χ3v) is 4.90. The summed E-state index contributed by atoms with van der Waals surface area (Å²) < 4.78 is 38.9. The fraction of sp³-hybridized carbons (Fsp3) is 0.250. The number of rotatable bonds is 2. The van der Waals surface area contributed by atoms with E-state index in [4.69, 9.17) is 0 Å². The molecule has 130 valence electrons. The molecule has 0 saturated carbocycles. The van der Waals surface area contributed by atoms with Gasteiger partial charge in [-0.15, -0.1) is 11.3 Å². The maximum atomic E-state index is 13.0. The molecule has 25 heavy (non-hydrogen) atoms. The molecule has 0 unspecified atom stereocenters. The van der Waals surface area contributed by atoms with E-state index in [1.807, 2.05) is 0 Å². The number of benzene rings is 1. The lowest BCUT2D eigenvalue weighted by atomic mass is 10.1. The summed E-state index contributed by atoms with van der Waals surface area (Å²) in [6, 6.07) is 5.98. The lowest BCUT2D eigenvalue weighted by Crippen LogP contribution is -2.22. The molecular weight excluding hydrogens is 353 g/mol. The molecule has 2 amide bonds. The number of hydrogen-bond acceptors (Lipinski definition) is 4. The van der Waals surface area contributed by atoms with Gasteiger partial charge in [-0.05, 0) is 30.7 Å². The Bertz CT molecular complexity index is 854. The van der Waals surface area contributed by atoms with Gasteiger partial charge in [0.1, 0.15) is 11.1 Å². The number of nitrogens with one attached hydrogen (secondary N) is 3. The van der Waals surface area contributed by atoms with Crippen LogP contribution in [-0.4, -0.2) is 12.6 Å². The van der Waals surface area contributed by atoms with Crippen molar-refractivity contribution in [2.75, 3.05) is 17.2 Å². The van der Waals surface area contributed by atoms with E-state index in [2.05, 4.69) is 22.0 Å². The van der Waals surface area contributed by atoms with E-state index in [0.29, 0.717) is 23.5 Å². The molecule has 3 rings (SSSR count). The van der Waals surface area contributed by atoms with Gasteiger partial charge in [0.15, 0.2) is 0 Å². The summed E-state index contributed by atoms with van der Waals surface area (Å²) in [6.07, 6.45) is -3.90. The van der Waals surface area contributed by atoms with Crippen LogP contribution in [0.4, 0.5) is 28.7 Å². The summed E-state index contributed by atoms with van der Waals surface area (Å²) in [4.78, 5) is 13.1. The largest absolute Gasteiger partial charge is 0.418 e. The van der Waals surface area contributed by atoms with Crippen molar-refractivity contribution in [1.82, 2.24) is 5.32 Å². The second-order valence-corrected chi connectivity index (χ2v) is 6.47. The van der Waals surface area contributed by atoms with Crippen molar-refractivity contribution in [3.63, 3.8) is 0 Å². The van der Waals surface area contributed by atoms with Gasteiger partial charge in [0.05, 0.1) is 16.8 Å². The first kappa shape index (κ1) is 17.3. The van der Waals surface area contributed by atoms with Gasteiger partial charge in [0.2, 0.25) is 0 Å². The van der Waals surface area contributed by atoms with Gasteiger partial charge in [-0.1, -0.05) is 12.1 Å². The molecule has 1 aliphatic heterocycles. The summed E-state index contributed by atoms with van der Waals surface area (Å²) in [5, 5.41) is 17.6. The molecule has 1 aromatic carbocycles. The molecule has 0 radical (unpaired) electrons. The second kappa shape index (κ2) is 6.74. The summed E-state index contributed by atoms with van der Waals surface area (Å²) in [5.41, 5.74) is -0.00711. The van der Waals surface area contributed by atoms with E-state index >= 15 is 0 Å². The van der Waals surface area contributed by atoms with Gasteiger partial charge < -0.3 is 10.6 Å². The zero-order valence-electron chi connectivity index (χ0n) is 12.8. The van der Waals surface area contributed by atoms with Crippen molar-refractivity contribution >= 4 is 28.1 Å². The Morgan fingerprint density at radius 3 is 2.76 bits per heavy atom. The minimum Gasteiger partial charge on any atom is -0.312 e. The quantitative estimate of drug-likeness (QED) is 0.754. The van der Waals surface area contributed by atoms with E-state index in [1.165, 1.54) is 29.5 Å². The second-order valence-electron chi connectivity index (χ2n) is 5.37. The summed E-state index contributed by atoms with van der Waals surface area (Å²) in [6.45, 7) is 1.35. The number of halogens is 3. The lowest BCUT2D eigenvalue weighted by Gasteiger charge is -2.13. The van der Waals surface area contributed by atoms with Gasteiger partial charge in [-0.2, -0.15) is 18.4 Å². The highest BCUT2D eigenvalue weighted by Gasteiger charge is 2.33. The number of amides is 2. The first-order valence-electron chi connectivity index (χ1n) is 7.39. The van der Waals surface area contributed by atoms with Crippen LogP contribution in [0.5, 0.6) is 0 Å². The Labute approximate surface area is 145 Å². The van der Waals surface area contributed by atoms with Crippen molar-refractivity contribution in [3.8, 4) is 6.07 Å². The number of carbonyl (C=O) groups excluding carboxylic acids is 1. The van der Waals surface area contributed by atoms with Gasteiger partial charge in [0, 0.05) is 11.4 Å². The highest BCUT2D eigenvalue weighted by molar-refractivity contribution is 7.16. The lowest BCUT2D eigenvalue weighted by molar-refractivity contribution is -0.136. The number of nitrogens with zero attached hydrogens (tertiary/aromatic N) is 1. The molecule has 0 saturated heterocycles. The van der Waals surface area contributed by atoms with Crippen molar-refractivity contribution in [2.45, 2.75) is 19.1 Å². The number of nitriles is 1. The number of urea groups is 1. The zero-order chi connectivity index (χ0) is 18.0. The predicted octanol–water partition coefficient (Wildman–Crippen LogP) is 3.93. The Morgan fingerprint density at radius 1 is 1.28 bits per heavy atom. The Morgan fingerprint density at radius 2 is 2.04 bits per heavy atom. The Hall–Kier alpha value is -2.57. The molecule has 1 aliphatic rings. The first-order valence-corrected chi connectivity index (χ1v) is 8.21.